The highest BCUT2D eigenvalue weighted by atomic mass is 31.2. The Hall–Kier alpha value is -1.47. The second kappa shape index (κ2) is 6.81. The van der Waals surface area contributed by atoms with Crippen molar-refractivity contribution in [3.05, 3.63) is 33.9 Å². The summed E-state index contributed by atoms with van der Waals surface area (Å²) in [6.07, 6.45) is 0. The second-order valence-corrected chi connectivity index (χ2v) is 5.83. The van der Waals surface area contributed by atoms with E-state index < -0.39 is 24.1 Å². The Kier molecular flexibility index (Phi) is 5.64. The fraction of sp³-hybridized carbons (Fsp3) is 0.455. The SMILES string of the molecule is CCOP(=O)(OCC)C(O)c1cc([N+](=O)[O-])ccc1O. The lowest BCUT2D eigenvalue weighted by molar-refractivity contribution is -0.385. The molecule has 0 radical (unpaired) electrons. The molecule has 112 valence electrons. The van der Waals surface area contributed by atoms with Gasteiger partial charge in [0.25, 0.3) is 5.69 Å². The maximum Gasteiger partial charge on any atom is 0.363 e. The van der Waals surface area contributed by atoms with E-state index in [1.807, 2.05) is 0 Å². The minimum atomic E-state index is -3.94. The molecule has 1 atom stereocenters. The van der Waals surface area contributed by atoms with Crippen LogP contribution in [0.5, 0.6) is 5.75 Å². The minimum Gasteiger partial charge on any atom is -0.508 e. The number of aliphatic hydroxyl groups excluding tert-OH is 1. The van der Waals surface area contributed by atoms with Crippen LogP contribution in [0.25, 0.3) is 0 Å². The molecule has 0 spiro atoms. The summed E-state index contributed by atoms with van der Waals surface area (Å²) in [6, 6.07) is 3.04. The van der Waals surface area contributed by atoms with E-state index in [4.69, 9.17) is 9.05 Å². The van der Waals surface area contributed by atoms with Crippen LogP contribution in [0.15, 0.2) is 18.2 Å². The van der Waals surface area contributed by atoms with Crippen molar-refractivity contribution in [2.24, 2.45) is 0 Å². The summed E-state index contributed by atoms with van der Waals surface area (Å²) in [4.78, 5) is 10.0. The zero-order valence-electron chi connectivity index (χ0n) is 11.1. The molecule has 0 heterocycles. The molecule has 1 unspecified atom stereocenters. The van der Waals surface area contributed by atoms with Crippen molar-refractivity contribution < 1.29 is 28.7 Å². The van der Waals surface area contributed by atoms with Gasteiger partial charge >= 0.3 is 7.60 Å². The number of nitrogens with zero attached hydrogens (tertiary/aromatic N) is 1. The average molecular weight is 305 g/mol. The van der Waals surface area contributed by atoms with Crippen molar-refractivity contribution in [2.75, 3.05) is 13.2 Å². The molecule has 1 aromatic carbocycles. The fourth-order valence-corrected chi connectivity index (χ4v) is 3.20. The summed E-state index contributed by atoms with van der Waals surface area (Å²) in [5.74, 6) is -2.23. The fourth-order valence-electron chi connectivity index (χ4n) is 1.57. The van der Waals surface area contributed by atoms with Gasteiger partial charge in [-0.15, -0.1) is 0 Å². The third-order valence-corrected chi connectivity index (χ3v) is 4.53. The molecule has 0 aliphatic carbocycles. The first-order valence-electron chi connectivity index (χ1n) is 5.89. The molecular weight excluding hydrogens is 289 g/mol. The predicted octanol–water partition coefficient (Wildman–Crippen LogP) is 2.56. The van der Waals surface area contributed by atoms with Gasteiger partial charge in [-0.3, -0.25) is 14.7 Å². The van der Waals surface area contributed by atoms with E-state index in [-0.39, 0.29) is 24.5 Å². The minimum absolute atomic E-state index is 0.0179. The van der Waals surface area contributed by atoms with Crippen LogP contribution in [0.4, 0.5) is 5.69 Å². The van der Waals surface area contributed by atoms with Gasteiger partial charge in [0.05, 0.1) is 18.1 Å². The molecule has 1 rings (SSSR count). The standard InChI is InChI=1S/C11H16NO7P/c1-3-18-20(17,19-4-2)11(14)9-7-8(12(15)16)5-6-10(9)13/h5-7,11,13-14H,3-4H2,1-2H3. The molecule has 0 bridgehead atoms. The topological polar surface area (TPSA) is 119 Å². The van der Waals surface area contributed by atoms with E-state index >= 15 is 0 Å². The number of aromatic hydroxyl groups is 1. The highest BCUT2D eigenvalue weighted by molar-refractivity contribution is 7.54. The Balaban J connectivity index is 3.23. The first kappa shape index (κ1) is 16.6. The molecule has 0 aliphatic rings. The first-order valence-corrected chi connectivity index (χ1v) is 7.51. The van der Waals surface area contributed by atoms with Crippen molar-refractivity contribution in [3.63, 3.8) is 0 Å². The smallest absolute Gasteiger partial charge is 0.363 e. The molecule has 0 aliphatic heterocycles. The van der Waals surface area contributed by atoms with Crippen LogP contribution in [0.2, 0.25) is 0 Å². The van der Waals surface area contributed by atoms with E-state index in [1.54, 1.807) is 13.8 Å². The van der Waals surface area contributed by atoms with Crippen molar-refractivity contribution in [2.45, 2.75) is 19.7 Å². The van der Waals surface area contributed by atoms with Crippen LogP contribution in [0.1, 0.15) is 25.3 Å². The molecule has 0 fully saturated rings. The number of phenols is 1. The van der Waals surface area contributed by atoms with E-state index in [0.29, 0.717) is 0 Å². The number of rotatable bonds is 7. The van der Waals surface area contributed by atoms with Crippen molar-refractivity contribution in [1.29, 1.82) is 0 Å². The van der Waals surface area contributed by atoms with Crippen LogP contribution in [-0.4, -0.2) is 28.4 Å². The number of benzene rings is 1. The van der Waals surface area contributed by atoms with Gasteiger partial charge in [-0.2, -0.15) is 0 Å². The van der Waals surface area contributed by atoms with Crippen molar-refractivity contribution >= 4 is 13.3 Å². The Morgan fingerprint density at radius 3 is 2.35 bits per heavy atom. The molecule has 1 aromatic rings. The van der Waals surface area contributed by atoms with Crippen LogP contribution < -0.4 is 0 Å². The Bertz CT molecular complexity index is 524. The van der Waals surface area contributed by atoms with Gasteiger partial charge < -0.3 is 19.3 Å². The van der Waals surface area contributed by atoms with Gasteiger partial charge in [-0.1, -0.05) is 0 Å². The van der Waals surface area contributed by atoms with E-state index in [1.165, 1.54) is 0 Å². The lowest BCUT2D eigenvalue weighted by Gasteiger charge is -2.22. The molecule has 20 heavy (non-hydrogen) atoms. The highest BCUT2D eigenvalue weighted by Gasteiger charge is 2.37. The number of non-ortho nitro benzene ring substituents is 1. The zero-order valence-corrected chi connectivity index (χ0v) is 11.9. The van der Waals surface area contributed by atoms with Crippen LogP contribution in [0, 0.1) is 10.1 Å². The van der Waals surface area contributed by atoms with Gasteiger partial charge in [0, 0.05) is 17.7 Å². The molecule has 9 heteroatoms. The monoisotopic (exact) mass is 305 g/mol. The largest absolute Gasteiger partial charge is 0.508 e. The maximum absolute atomic E-state index is 12.4. The van der Waals surface area contributed by atoms with Crippen LogP contribution >= 0.6 is 7.60 Å². The lowest BCUT2D eigenvalue weighted by Crippen LogP contribution is -2.07. The number of phenolic OH excluding ortho intramolecular Hbond substituents is 1. The Morgan fingerprint density at radius 1 is 1.35 bits per heavy atom. The van der Waals surface area contributed by atoms with Crippen LogP contribution in [-0.2, 0) is 13.6 Å². The van der Waals surface area contributed by atoms with Crippen molar-refractivity contribution in [1.82, 2.24) is 0 Å². The third-order valence-electron chi connectivity index (χ3n) is 2.42. The zero-order chi connectivity index (χ0) is 15.3. The van der Waals surface area contributed by atoms with Gasteiger partial charge in [0.1, 0.15) is 5.75 Å². The second-order valence-electron chi connectivity index (χ2n) is 3.75. The van der Waals surface area contributed by atoms with Crippen molar-refractivity contribution in [3.8, 4) is 5.75 Å². The van der Waals surface area contributed by atoms with Gasteiger partial charge in [-0.05, 0) is 19.9 Å². The van der Waals surface area contributed by atoms with E-state index in [0.717, 1.165) is 18.2 Å². The molecule has 0 saturated carbocycles. The summed E-state index contributed by atoms with van der Waals surface area (Å²) in [6.45, 7) is 3.16. The van der Waals surface area contributed by atoms with E-state index in [9.17, 15) is 24.9 Å². The summed E-state index contributed by atoms with van der Waals surface area (Å²) in [5, 5.41) is 30.5. The van der Waals surface area contributed by atoms with Crippen LogP contribution in [0.3, 0.4) is 0 Å². The summed E-state index contributed by atoms with van der Waals surface area (Å²) >= 11 is 0. The molecule has 0 saturated heterocycles. The molecule has 8 nitrogen and oxygen atoms in total. The maximum atomic E-state index is 12.4. The van der Waals surface area contributed by atoms with Gasteiger partial charge in [0.15, 0.2) is 5.85 Å². The van der Waals surface area contributed by atoms with Gasteiger partial charge in [0.2, 0.25) is 0 Å². The number of aliphatic hydroxyl groups is 1. The third kappa shape index (κ3) is 3.55. The molecule has 2 N–H and O–H groups in total. The quantitative estimate of drug-likeness (QED) is 0.451. The normalized spacial score (nSPS) is 13.2. The molecular formula is C11H16NO7P. The summed E-state index contributed by atoms with van der Waals surface area (Å²) in [7, 11) is -3.94. The Labute approximate surface area is 115 Å². The van der Waals surface area contributed by atoms with Gasteiger partial charge in [-0.25, -0.2) is 0 Å². The molecule has 0 aromatic heterocycles. The number of hydrogen-bond donors (Lipinski definition) is 2. The molecule has 0 amide bonds. The van der Waals surface area contributed by atoms with E-state index in [2.05, 4.69) is 0 Å². The predicted molar refractivity (Wildman–Crippen MR) is 70.6 cm³/mol. The average Bonchev–Trinajstić information content (AvgIpc) is 2.38. The summed E-state index contributed by atoms with van der Waals surface area (Å²) in [5.41, 5.74) is -0.624. The highest BCUT2D eigenvalue weighted by Crippen LogP contribution is 2.60. The first-order chi connectivity index (χ1) is 9.35. The summed E-state index contributed by atoms with van der Waals surface area (Å²) < 4.78 is 22.3. The Morgan fingerprint density at radius 2 is 1.90 bits per heavy atom. The lowest BCUT2D eigenvalue weighted by atomic mass is 10.2. The number of nitro groups is 1. The number of hydrogen-bond acceptors (Lipinski definition) is 7. The number of nitro benzene ring substituents is 1.